The Morgan fingerprint density at radius 2 is 2.40 bits per heavy atom. The molecule has 1 aromatic heterocycles. The molecule has 15 heavy (non-hydrogen) atoms. The fraction of sp³-hybridized carbons (Fsp3) is 0.200. The maximum Gasteiger partial charge on any atom is 0.310 e. The van der Waals surface area contributed by atoms with E-state index < -0.39 is 5.97 Å². The molecule has 5 heteroatoms. The van der Waals surface area contributed by atoms with Gasteiger partial charge in [-0.15, -0.1) is 11.3 Å². The SMILES string of the molecule is COc1cccc2nc(CC(=O)O)sc12. The minimum absolute atomic E-state index is 0.0392. The highest BCUT2D eigenvalue weighted by atomic mass is 32.1. The van der Waals surface area contributed by atoms with Crippen LogP contribution in [0.15, 0.2) is 18.2 Å². The molecule has 78 valence electrons. The van der Waals surface area contributed by atoms with Crippen LogP contribution in [-0.2, 0) is 11.2 Å². The van der Waals surface area contributed by atoms with Crippen LogP contribution < -0.4 is 4.74 Å². The van der Waals surface area contributed by atoms with Crippen molar-refractivity contribution in [2.75, 3.05) is 7.11 Å². The number of aromatic nitrogens is 1. The molecule has 0 bridgehead atoms. The fourth-order valence-corrected chi connectivity index (χ4v) is 2.38. The zero-order valence-corrected chi connectivity index (χ0v) is 8.87. The third-order valence-electron chi connectivity index (χ3n) is 1.95. The van der Waals surface area contributed by atoms with Crippen molar-refractivity contribution in [3.63, 3.8) is 0 Å². The Bertz CT molecular complexity index is 506. The molecule has 0 saturated heterocycles. The van der Waals surface area contributed by atoms with Gasteiger partial charge in [0.05, 0.1) is 23.7 Å². The summed E-state index contributed by atoms with van der Waals surface area (Å²) in [5, 5.41) is 9.25. The molecule has 0 spiro atoms. The lowest BCUT2D eigenvalue weighted by Crippen LogP contribution is -1.98. The largest absolute Gasteiger partial charge is 0.495 e. The van der Waals surface area contributed by atoms with Gasteiger partial charge in [0.25, 0.3) is 0 Å². The highest BCUT2D eigenvalue weighted by molar-refractivity contribution is 7.19. The van der Waals surface area contributed by atoms with E-state index >= 15 is 0 Å². The van der Waals surface area contributed by atoms with Crippen LogP contribution in [0.2, 0.25) is 0 Å². The summed E-state index contributed by atoms with van der Waals surface area (Å²) in [6, 6.07) is 5.52. The van der Waals surface area contributed by atoms with E-state index in [0.29, 0.717) is 5.01 Å². The molecule has 1 heterocycles. The van der Waals surface area contributed by atoms with E-state index in [9.17, 15) is 4.79 Å². The first kappa shape index (κ1) is 9.92. The Balaban J connectivity index is 2.50. The van der Waals surface area contributed by atoms with Crippen LogP contribution in [0.5, 0.6) is 5.75 Å². The second-order valence-corrected chi connectivity index (χ2v) is 4.07. The summed E-state index contributed by atoms with van der Waals surface area (Å²) < 4.78 is 6.07. The number of methoxy groups -OCH3 is 1. The minimum atomic E-state index is -0.868. The topological polar surface area (TPSA) is 59.4 Å². The maximum absolute atomic E-state index is 10.5. The first-order valence-corrected chi connectivity index (χ1v) is 5.16. The lowest BCUT2D eigenvalue weighted by Gasteiger charge is -1.97. The summed E-state index contributed by atoms with van der Waals surface area (Å²) in [4.78, 5) is 14.8. The number of rotatable bonds is 3. The number of ether oxygens (including phenoxy) is 1. The van der Waals surface area contributed by atoms with Crippen molar-refractivity contribution in [3.8, 4) is 5.75 Å². The number of benzene rings is 1. The zero-order chi connectivity index (χ0) is 10.8. The Hall–Kier alpha value is -1.62. The number of aliphatic carboxylic acids is 1. The van der Waals surface area contributed by atoms with E-state index in [1.165, 1.54) is 11.3 Å². The number of hydrogen-bond acceptors (Lipinski definition) is 4. The van der Waals surface area contributed by atoms with Gasteiger partial charge in [-0.3, -0.25) is 4.79 Å². The summed E-state index contributed by atoms with van der Waals surface area (Å²) in [7, 11) is 1.59. The number of carboxylic acids is 1. The van der Waals surface area contributed by atoms with Gasteiger partial charge in [0.1, 0.15) is 10.8 Å². The molecular weight excluding hydrogens is 214 g/mol. The molecule has 0 atom stereocenters. The van der Waals surface area contributed by atoms with Crippen LogP contribution in [0, 0.1) is 0 Å². The Morgan fingerprint density at radius 3 is 3.07 bits per heavy atom. The highest BCUT2D eigenvalue weighted by Crippen LogP contribution is 2.30. The number of fused-ring (bicyclic) bond motifs is 1. The smallest absolute Gasteiger partial charge is 0.310 e. The zero-order valence-electron chi connectivity index (χ0n) is 8.06. The lowest BCUT2D eigenvalue weighted by atomic mass is 10.3. The summed E-state index contributed by atoms with van der Waals surface area (Å²) in [6.45, 7) is 0. The normalized spacial score (nSPS) is 10.5. The predicted molar refractivity (Wildman–Crippen MR) is 57.5 cm³/mol. The van der Waals surface area contributed by atoms with Crippen molar-refractivity contribution in [2.45, 2.75) is 6.42 Å². The average Bonchev–Trinajstić information content (AvgIpc) is 2.58. The number of thiazole rings is 1. The van der Waals surface area contributed by atoms with Gasteiger partial charge in [-0.2, -0.15) is 0 Å². The monoisotopic (exact) mass is 223 g/mol. The lowest BCUT2D eigenvalue weighted by molar-refractivity contribution is -0.136. The highest BCUT2D eigenvalue weighted by Gasteiger charge is 2.10. The van der Waals surface area contributed by atoms with Gasteiger partial charge in [0, 0.05) is 0 Å². The Morgan fingerprint density at radius 1 is 1.60 bits per heavy atom. The molecule has 0 aliphatic heterocycles. The first-order valence-electron chi connectivity index (χ1n) is 4.35. The van der Waals surface area contributed by atoms with E-state index in [1.54, 1.807) is 7.11 Å². The fourth-order valence-electron chi connectivity index (χ4n) is 1.34. The summed E-state index contributed by atoms with van der Waals surface area (Å²) >= 11 is 1.36. The van der Waals surface area contributed by atoms with E-state index in [-0.39, 0.29) is 6.42 Å². The molecule has 0 saturated carbocycles. The molecule has 0 amide bonds. The van der Waals surface area contributed by atoms with Crippen LogP contribution in [0.25, 0.3) is 10.2 Å². The summed E-state index contributed by atoms with van der Waals surface area (Å²) in [6.07, 6.45) is -0.0392. The molecule has 0 unspecified atom stereocenters. The van der Waals surface area contributed by atoms with Crippen molar-refractivity contribution in [2.24, 2.45) is 0 Å². The van der Waals surface area contributed by atoms with Gasteiger partial charge in [0.15, 0.2) is 0 Å². The second kappa shape index (κ2) is 3.86. The van der Waals surface area contributed by atoms with Crippen LogP contribution in [0.4, 0.5) is 0 Å². The number of carbonyl (C=O) groups is 1. The third kappa shape index (κ3) is 1.92. The van der Waals surface area contributed by atoms with Gasteiger partial charge in [-0.1, -0.05) is 6.07 Å². The van der Waals surface area contributed by atoms with Crippen LogP contribution in [0.1, 0.15) is 5.01 Å². The van der Waals surface area contributed by atoms with Crippen molar-refractivity contribution in [1.82, 2.24) is 4.98 Å². The molecular formula is C10H9NO3S. The molecule has 2 rings (SSSR count). The molecule has 0 aliphatic carbocycles. The second-order valence-electron chi connectivity index (χ2n) is 2.99. The maximum atomic E-state index is 10.5. The first-order chi connectivity index (χ1) is 7.20. The number of carboxylic acid groups (broad SMARTS) is 1. The molecule has 2 aromatic rings. The average molecular weight is 223 g/mol. The van der Waals surface area contributed by atoms with Crippen molar-refractivity contribution >= 4 is 27.5 Å². The van der Waals surface area contributed by atoms with Gasteiger partial charge in [-0.25, -0.2) is 4.98 Å². The van der Waals surface area contributed by atoms with E-state index in [1.807, 2.05) is 18.2 Å². The van der Waals surface area contributed by atoms with Crippen LogP contribution >= 0.6 is 11.3 Å². The Labute approximate surface area is 90.1 Å². The van der Waals surface area contributed by atoms with Gasteiger partial charge >= 0.3 is 5.97 Å². The van der Waals surface area contributed by atoms with Crippen molar-refractivity contribution < 1.29 is 14.6 Å². The van der Waals surface area contributed by atoms with Crippen molar-refractivity contribution in [3.05, 3.63) is 23.2 Å². The van der Waals surface area contributed by atoms with Gasteiger partial charge in [-0.05, 0) is 12.1 Å². The standard InChI is InChI=1S/C10H9NO3S/c1-14-7-4-2-3-6-10(7)15-8(11-6)5-9(12)13/h2-4H,5H2,1H3,(H,12,13). The molecule has 4 nitrogen and oxygen atoms in total. The molecule has 0 fully saturated rings. The van der Waals surface area contributed by atoms with Crippen LogP contribution in [-0.4, -0.2) is 23.2 Å². The summed E-state index contributed by atoms with van der Waals surface area (Å²) in [5.41, 5.74) is 0.788. The van der Waals surface area contributed by atoms with E-state index in [4.69, 9.17) is 9.84 Å². The molecule has 1 N–H and O–H groups in total. The summed E-state index contributed by atoms with van der Waals surface area (Å²) in [5.74, 6) is -0.130. The van der Waals surface area contributed by atoms with E-state index in [0.717, 1.165) is 16.0 Å². The molecule has 0 radical (unpaired) electrons. The Kier molecular flexibility index (Phi) is 2.55. The molecule has 0 aliphatic rings. The number of hydrogen-bond donors (Lipinski definition) is 1. The van der Waals surface area contributed by atoms with Gasteiger partial charge in [0.2, 0.25) is 0 Å². The van der Waals surface area contributed by atoms with E-state index in [2.05, 4.69) is 4.98 Å². The molecule has 1 aromatic carbocycles. The third-order valence-corrected chi connectivity index (χ3v) is 3.03. The van der Waals surface area contributed by atoms with Crippen molar-refractivity contribution in [1.29, 1.82) is 0 Å². The minimum Gasteiger partial charge on any atom is -0.495 e. The predicted octanol–water partition coefficient (Wildman–Crippen LogP) is 1.93. The number of nitrogens with zero attached hydrogens (tertiary/aromatic N) is 1. The van der Waals surface area contributed by atoms with Gasteiger partial charge < -0.3 is 9.84 Å². The quantitative estimate of drug-likeness (QED) is 0.863. The van der Waals surface area contributed by atoms with Crippen LogP contribution in [0.3, 0.4) is 0 Å².